The van der Waals surface area contributed by atoms with Crippen molar-refractivity contribution >= 4 is 18.4 Å². The largest absolute Gasteiger partial charge is 0.347 e. The maximum atomic E-state index is 4.77. The minimum Gasteiger partial charge on any atom is -0.347 e. The van der Waals surface area contributed by atoms with Gasteiger partial charge >= 0.3 is 0 Å². The zero-order valence-corrected chi connectivity index (χ0v) is 17.0. The predicted octanol–water partition coefficient (Wildman–Crippen LogP) is 5.26. The summed E-state index contributed by atoms with van der Waals surface area (Å²) in [7, 11) is 0. The lowest BCUT2D eigenvalue weighted by molar-refractivity contribution is 0.553. The fraction of sp³-hybridized carbons (Fsp3) is 0.208. The molecule has 2 N–H and O–H groups in total. The molecule has 3 aromatic carbocycles. The van der Waals surface area contributed by atoms with Crippen LogP contribution in [0.15, 0.2) is 83.9 Å². The molecule has 0 unspecified atom stereocenters. The van der Waals surface area contributed by atoms with Crippen molar-refractivity contribution < 1.29 is 0 Å². The summed E-state index contributed by atoms with van der Waals surface area (Å²) >= 11 is 0. The lowest BCUT2D eigenvalue weighted by Gasteiger charge is -2.20. The van der Waals surface area contributed by atoms with Crippen molar-refractivity contribution in [3.63, 3.8) is 0 Å². The van der Waals surface area contributed by atoms with E-state index in [0.29, 0.717) is 6.54 Å². The molecule has 1 saturated heterocycles. The Balaban J connectivity index is 0.00000225. The third-order valence-electron chi connectivity index (χ3n) is 5.05. The number of aliphatic imine (C=N–C) groups is 1. The van der Waals surface area contributed by atoms with Crippen LogP contribution in [0.1, 0.15) is 39.9 Å². The van der Waals surface area contributed by atoms with Crippen molar-refractivity contribution in [2.75, 3.05) is 0 Å². The first kappa shape index (κ1) is 20.0. The summed E-state index contributed by atoms with van der Waals surface area (Å²) in [5, 5.41) is 7.20. The first-order valence-corrected chi connectivity index (χ1v) is 9.43. The SMILES string of the molecule is Cc1ccc([C@H]2NC(=NCc3ccccc3)N[C@H]2c2ccc(C)cc2)cc1.Cl. The molecule has 2 atom stereocenters. The van der Waals surface area contributed by atoms with E-state index in [1.807, 2.05) is 6.07 Å². The number of halogens is 1. The standard InChI is InChI=1S/C24H25N3.ClH/c1-17-8-12-20(13-9-17)22-23(21-14-10-18(2)11-15-21)27-24(26-22)25-16-19-6-4-3-5-7-19;/h3-15,22-23H,16H2,1-2H3,(H2,25,26,27);1H/t22-,23+;. The van der Waals surface area contributed by atoms with E-state index in [2.05, 4.69) is 97.3 Å². The predicted molar refractivity (Wildman–Crippen MR) is 119 cm³/mol. The molecule has 28 heavy (non-hydrogen) atoms. The van der Waals surface area contributed by atoms with Crippen LogP contribution in [-0.2, 0) is 6.54 Å². The molecule has 0 radical (unpaired) electrons. The van der Waals surface area contributed by atoms with Crippen molar-refractivity contribution in [2.45, 2.75) is 32.5 Å². The number of guanidine groups is 1. The van der Waals surface area contributed by atoms with Crippen molar-refractivity contribution in [3.05, 3.63) is 107 Å². The van der Waals surface area contributed by atoms with Gasteiger partial charge in [-0.15, -0.1) is 12.4 Å². The molecular weight excluding hydrogens is 366 g/mol. The molecule has 0 aromatic heterocycles. The molecule has 3 aromatic rings. The van der Waals surface area contributed by atoms with E-state index in [0.717, 1.165) is 5.96 Å². The van der Waals surface area contributed by atoms with Gasteiger partial charge in [-0.3, -0.25) is 0 Å². The van der Waals surface area contributed by atoms with E-state index in [1.54, 1.807) is 0 Å². The summed E-state index contributed by atoms with van der Waals surface area (Å²) in [6, 6.07) is 28.1. The van der Waals surface area contributed by atoms with Crippen LogP contribution in [0.25, 0.3) is 0 Å². The zero-order valence-electron chi connectivity index (χ0n) is 16.2. The van der Waals surface area contributed by atoms with Crippen LogP contribution in [0.4, 0.5) is 0 Å². The number of aryl methyl sites for hydroxylation is 2. The molecular formula is C24H26ClN3. The van der Waals surface area contributed by atoms with E-state index in [1.165, 1.54) is 27.8 Å². The maximum absolute atomic E-state index is 4.77. The number of nitrogens with zero attached hydrogens (tertiary/aromatic N) is 1. The van der Waals surface area contributed by atoms with Crippen molar-refractivity contribution in [2.24, 2.45) is 4.99 Å². The third-order valence-corrected chi connectivity index (χ3v) is 5.05. The second-order valence-corrected chi connectivity index (χ2v) is 7.22. The first-order chi connectivity index (χ1) is 13.2. The Hall–Kier alpha value is -2.78. The molecule has 0 spiro atoms. The van der Waals surface area contributed by atoms with Gasteiger partial charge in [0.1, 0.15) is 0 Å². The number of hydrogen-bond acceptors (Lipinski definition) is 1. The molecule has 1 fully saturated rings. The first-order valence-electron chi connectivity index (χ1n) is 9.43. The number of benzene rings is 3. The molecule has 1 heterocycles. The molecule has 0 amide bonds. The lowest BCUT2D eigenvalue weighted by atomic mass is 9.94. The molecule has 144 valence electrons. The van der Waals surface area contributed by atoms with Crippen LogP contribution in [-0.4, -0.2) is 5.96 Å². The molecule has 0 aliphatic carbocycles. The summed E-state index contributed by atoms with van der Waals surface area (Å²) in [4.78, 5) is 4.77. The Morgan fingerprint density at radius 3 is 1.61 bits per heavy atom. The minimum absolute atomic E-state index is 0. The normalized spacial score (nSPS) is 19.6. The Morgan fingerprint density at radius 1 is 0.679 bits per heavy atom. The van der Waals surface area contributed by atoms with Gasteiger partial charge in [-0.25, -0.2) is 4.99 Å². The van der Waals surface area contributed by atoms with Crippen molar-refractivity contribution in [3.8, 4) is 0 Å². The average Bonchev–Trinajstić information content (AvgIpc) is 3.13. The zero-order chi connectivity index (χ0) is 18.6. The highest BCUT2D eigenvalue weighted by atomic mass is 35.5. The van der Waals surface area contributed by atoms with E-state index >= 15 is 0 Å². The monoisotopic (exact) mass is 391 g/mol. The van der Waals surface area contributed by atoms with E-state index in [-0.39, 0.29) is 24.5 Å². The fourth-order valence-electron chi connectivity index (χ4n) is 3.45. The van der Waals surface area contributed by atoms with Crippen LogP contribution >= 0.6 is 12.4 Å². The minimum atomic E-state index is 0. The summed E-state index contributed by atoms with van der Waals surface area (Å²) in [6.07, 6.45) is 0. The second kappa shape index (κ2) is 8.94. The summed E-state index contributed by atoms with van der Waals surface area (Å²) < 4.78 is 0. The highest BCUT2D eigenvalue weighted by molar-refractivity contribution is 5.85. The van der Waals surface area contributed by atoms with Gasteiger partial charge in [0.2, 0.25) is 0 Å². The smallest absolute Gasteiger partial charge is 0.192 e. The van der Waals surface area contributed by atoms with Crippen LogP contribution in [0.3, 0.4) is 0 Å². The van der Waals surface area contributed by atoms with Gasteiger partial charge in [-0.2, -0.15) is 0 Å². The highest BCUT2D eigenvalue weighted by Gasteiger charge is 2.32. The Kier molecular flexibility index (Phi) is 6.37. The van der Waals surface area contributed by atoms with Gasteiger partial charge in [0.05, 0.1) is 18.6 Å². The van der Waals surface area contributed by atoms with Crippen LogP contribution in [0.5, 0.6) is 0 Å². The quantitative estimate of drug-likeness (QED) is 0.636. The Morgan fingerprint density at radius 2 is 1.14 bits per heavy atom. The molecule has 0 bridgehead atoms. The fourth-order valence-corrected chi connectivity index (χ4v) is 3.45. The molecule has 4 rings (SSSR count). The van der Waals surface area contributed by atoms with Crippen LogP contribution in [0.2, 0.25) is 0 Å². The second-order valence-electron chi connectivity index (χ2n) is 7.22. The van der Waals surface area contributed by atoms with Crippen LogP contribution < -0.4 is 10.6 Å². The Bertz CT molecular complexity index is 863. The molecule has 1 aliphatic rings. The van der Waals surface area contributed by atoms with Gasteiger partial charge in [-0.1, -0.05) is 90.0 Å². The summed E-state index contributed by atoms with van der Waals surface area (Å²) in [6.45, 7) is 4.90. The topological polar surface area (TPSA) is 36.4 Å². The lowest BCUT2D eigenvalue weighted by Crippen LogP contribution is -2.25. The van der Waals surface area contributed by atoms with Gasteiger partial charge < -0.3 is 10.6 Å². The van der Waals surface area contributed by atoms with Gasteiger partial charge in [0.15, 0.2) is 5.96 Å². The number of rotatable bonds is 4. The van der Waals surface area contributed by atoms with Gasteiger partial charge in [-0.05, 0) is 30.5 Å². The summed E-state index contributed by atoms with van der Waals surface area (Å²) in [5.74, 6) is 0.856. The number of hydrogen-bond donors (Lipinski definition) is 2. The molecule has 4 heteroatoms. The Labute approximate surface area is 173 Å². The molecule has 0 saturated carbocycles. The van der Waals surface area contributed by atoms with Gasteiger partial charge in [0, 0.05) is 0 Å². The van der Waals surface area contributed by atoms with Crippen molar-refractivity contribution in [1.29, 1.82) is 0 Å². The highest BCUT2D eigenvalue weighted by Crippen LogP contribution is 2.32. The molecule has 3 nitrogen and oxygen atoms in total. The third kappa shape index (κ3) is 4.55. The average molecular weight is 392 g/mol. The van der Waals surface area contributed by atoms with E-state index in [9.17, 15) is 0 Å². The van der Waals surface area contributed by atoms with Gasteiger partial charge in [0.25, 0.3) is 0 Å². The maximum Gasteiger partial charge on any atom is 0.192 e. The van der Waals surface area contributed by atoms with E-state index < -0.39 is 0 Å². The van der Waals surface area contributed by atoms with Crippen molar-refractivity contribution in [1.82, 2.24) is 10.6 Å². The summed E-state index contributed by atoms with van der Waals surface area (Å²) in [5.41, 5.74) is 6.29. The van der Waals surface area contributed by atoms with Crippen LogP contribution in [0, 0.1) is 13.8 Å². The number of nitrogens with one attached hydrogen (secondary N) is 2. The van der Waals surface area contributed by atoms with E-state index in [4.69, 9.17) is 4.99 Å². The molecule has 1 aliphatic heterocycles.